The fourth-order valence-electron chi connectivity index (χ4n) is 3.74. The quantitative estimate of drug-likeness (QED) is 0.190. The van der Waals surface area contributed by atoms with Crippen molar-refractivity contribution in [2.24, 2.45) is 22.5 Å². The molecule has 244 valence electrons. The van der Waals surface area contributed by atoms with Crippen LogP contribution in [0, 0.1) is 16.7 Å². The van der Waals surface area contributed by atoms with E-state index in [1.54, 1.807) is 0 Å². The molecule has 0 aromatic heterocycles. The minimum absolute atomic E-state index is 0. The van der Waals surface area contributed by atoms with Gasteiger partial charge in [-0.25, -0.2) is 0 Å². The van der Waals surface area contributed by atoms with E-state index in [2.05, 4.69) is 68.2 Å². The van der Waals surface area contributed by atoms with Gasteiger partial charge in [0.25, 0.3) is 0 Å². The lowest BCUT2D eigenvalue weighted by molar-refractivity contribution is -0.129. The Bertz CT molecular complexity index is 699. The zero-order valence-corrected chi connectivity index (χ0v) is 27.5. The first kappa shape index (κ1) is 41.7. The van der Waals surface area contributed by atoms with E-state index >= 15 is 0 Å². The summed E-state index contributed by atoms with van der Waals surface area (Å²) in [5, 5.41) is 6.21. The first-order valence-electron chi connectivity index (χ1n) is 15.5. The highest BCUT2D eigenvalue weighted by molar-refractivity contribution is 5.81. The first-order chi connectivity index (χ1) is 18.9. The van der Waals surface area contributed by atoms with Crippen LogP contribution in [-0.4, -0.2) is 94.6 Å². The number of nitrogens with one attached hydrogen (secondary N) is 2. The maximum Gasteiger partial charge on any atom is 0.225 e. The monoisotopic (exact) mass is 584 g/mol. The molecule has 1 unspecified atom stereocenters. The second-order valence-corrected chi connectivity index (χ2v) is 12.2. The third-order valence-corrected chi connectivity index (χ3v) is 8.30. The number of hydrogen-bond donors (Lipinski definition) is 3. The van der Waals surface area contributed by atoms with Crippen molar-refractivity contribution in [3.8, 4) is 0 Å². The summed E-state index contributed by atoms with van der Waals surface area (Å²) in [5.74, 6) is 0.688. The van der Waals surface area contributed by atoms with Crippen LogP contribution in [0.5, 0.6) is 0 Å². The molecule has 8 nitrogen and oxygen atoms in total. The van der Waals surface area contributed by atoms with E-state index in [9.17, 15) is 4.79 Å². The molecular weight excluding hydrogens is 514 g/mol. The smallest absolute Gasteiger partial charge is 0.225 e. The Morgan fingerprint density at radius 3 is 2.07 bits per heavy atom. The van der Waals surface area contributed by atoms with Gasteiger partial charge in [-0.1, -0.05) is 76.0 Å². The van der Waals surface area contributed by atoms with Gasteiger partial charge in [-0.15, -0.1) is 0 Å². The SMILES string of the molecule is C.C=C(COCN1CCOCC1)C(C)CC.C=C(N1CCNCC1)C(C)(C)CC.CCC(C)(C)C(=O)NCCCN. The zero-order chi connectivity index (χ0) is 30.6. The van der Waals surface area contributed by atoms with E-state index in [-0.39, 0.29) is 24.2 Å². The third-order valence-electron chi connectivity index (χ3n) is 8.30. The molecule has 4 N–H and O–H groups in total. The highest BCUT2D eigenvalue weighted by atomic mass is 16.5. The van der Waals surface area contributed by atoms with E-state index in [4.69, 9.17) is 15.2 Å². The van der Waals surface area contributed by atoms with Crippen molar-refractivity contribution < 1.29 is 14.3 Å². The van der Waals surface area contributed by atoms with Gasteiger partial charge in [-0.2, -0.15) is 0 Å². The van der Waals surface area contributed by atoms with Gasteiger partial charge in [0.05, 0.1) is 26.6 Å². The van der Waals surface area contributed by atoms with Gasteiger partial charge in [0.1, 0.15) is 0 Å². The van der Waals surface area contributed by atoms with E-state index in [1.165, 1.54) is 11.3 Å². The summed E-state index contributed by atoms with van der Waals surface area (Å²) in [7, 11) is 0. The minimum atomic E-state index is -0.241. The molecule has 1 atom stereocenters. The van der Waals surface area contributed by atoms with Crippen LogP contribution < -0.4 is 16.4 Å². The number of carbonyl (C=O) groups excluding carboxylic acids is 1. The standard InChI is InChI=1S/C12H23NO2.C11H22N2.C9H20N2O.CH4/c1-4-11(2)12(3)9-15-10-13-5-7-14-8-6-13;1-5-11(3,4)10(2)13-8-6-12-7-9-13;1-4-9(2,3)8(12)11-7-5-6-10;/h11H,3-10H2,1-2H3;12H,2,5-9H2,1,3-4H3;4-7,10H2,1-3H3,(H,11,12);1H4. The number of allylic oxidation sites excluding steroid dienone is 1. The predicted molar refractivity (Wildman–Crippen MR) is 177 cm³/mol. The van der Waals surface area contributed by atoms with Gasteiger partial charge in [0, 0.05) is 62.3 Å². The molecule has 8 heteroatoms. The Morgan fingerprint density at radius 1 is 1.02 bits per heavy atom. The van der Waals surface area contributed by atoms with E-state index < -0.39 is 0 Å². The van der Waals surface area contributed by atoms with Crippen molar-refractivity contribution in [2.75, 3.05) is 78.9 Å². The van der Waals surface area contributed by atoms with Crippen LogP contribution in [0.25, 0.3) is 0 Å². The molecule has 2 heterocycles. The Kier molecular flexibility index (Phi) is 23.4. The molecule has 0 saturated carbocycles. The van der Waals surface area contributed by atoms with Crippen LogP contribution >= 0.6 is 0 Å². The molecule has 41 heavy (non-hydrogen) atoms. The topological polar surface area (TPSA) is 92.1 Å². The lowest BCUT2D eigenvalue weighted by atomic mass is 9.86. The van der Waals surface area contributed by atoms with Crippen molar-refractivity contribution >= 4 is 5.91 Å². The summed E-state index contributed by atoms with van der Waals surface area (Å²) >= 11 is 0. The van der Waals surface area contributed by atoms with Crippen LogP contribution in [0.4, 0.5) is 0 Å². The van der Waals surface area contributed by atoms with Crippen LogP contribution in [0.1, 0.15) is 88.5 Å². The average Bonchev–Trinajstić information content (AvgIpc) is 2.97. The van der Waals surface area contributed by atoms with Crippen LogP contribution in [0.3, 0.4) is 0 Å². The summed E-state index contributed by atoms with van der Waals surface area (Å²) in [6.45, 7) is 36.1. The highest BCUT2D eigenvalue weighted by Crippen LogP contribution is 2.31. The second-order valence-electron chi connectivity index (χ2n) is 12.2. The number of morpholine rings is 1. The fraction of sp³-hybridized carbons (Fsp3) is 0.848. The summed E-state index contributed by atoms with van der Waals surface area (Å²) in [6, 6.07) is 0. The van der Waals surface area contributed by atoms with Crippen molar-refractivity contribution in [1.82, 2.24) is 20.4 Å². The minimum Gasteiger partial charge on any atom is -0.379 e. The molecule has 2 aliphatic rings. The van der Waals surface area contributed by atoms with Gasteiger partial charge in [-0.05, 0) is 43.7 Å². The van der Waals surface area contributed by atoms with Crippen molar-refractivity contribution in [3.05, 3.63) is 24.4 Å². The maximum atomic E-state index is 11.4. The fourth-order valence-corrected chi connectivity index (χ4v) is 3.74. The molecule has 2 rings (SSSR count). The number of amides is 1. The molecular formula is C33H69N5O3. The number of nitrogens with two attached hydrogens (primary N) is 1. The Balaban J connectivity index is 0. The Hall–Kier alpha value is -1.45. The predicted octanol–water partition coefficient (Wildman–Crippen LogP) is 5.26. The molecule has 0 radical (unpaired) electrons. The third kappa shape index (κ3) is 18.0. The molecule has 0 aromatic rings. The zero-order valence-electron chi connectivity index (χ0n) is 27.5. The number of piperazine rings is 1. The number of nitrogens with zero attached hydrogens (tertiary/aromatic N) is 2. The molecule has 2 saturated heterocycles. The van der Waals surface area contributed by atoms with Crippen LogP contribution in [0.2, 0.25) is 0 Å². The van der Waals surface area contributed by atoms with E-state index in [0.29, 0.717) is 32.3 Å². The summed E-state index contributed by atoms with van der Waals surface area (Å²) < 4.78 is 10.9. The number of carbonyl (C=O) groups is 1. The van der Waals surface area contributed by atoms with E-state index in [1.807, 2.05) is 20.8 Å². The second kappa shape index (κ2) is 23.1. The normalized spacial score (nSPS) is 16.7. The molecule has 0 spiro atoms. The Morgan fingerprint density at radius 2 is 1.59 bits per heavy atom. The maximum absolute atomic E-state index is 11.4. The van der Waals surface area contributed by atoms with Gasteiger partial charge in [0.15, 0.2) is 0 Å². The molecule has 2 aliphatic heterocycles. The molecule has 0 bridgehead atoms. The number of ether oxygens (including phenoxy) is 2. The van der Waals surface area contributed by atoms with Gasteiger partial charge in [-0.3, -0.25) is 9.69 Å². The van der Waals surface area contributed by atoms with Gasteiger partial charge in [0.2, 0.25) is 5.91 Å². The van der Waals surface area contributed by atoms with Crippen LogP contribution in [0.15, 0.2) is 24.4 Å². The van der Waals surface area contributed by atoms with Crippen molar-refractivity contribution in [3.63, 3.8) is 0 Å². The first-order valence-corrected chi connectivity index (χ1v) is 15.5. The van der Waals surface area contributed by atoms with Crippen molar-refractivity contribution in [2.45, 2.75) is 88.5 Å². The number of hydrogen-bond acceptors (Lipinski definition) is 7. The largest absolute Gasteiger partial charge is 0.379 e. The Labute approximate surface area is 254 Å². The summed E-state index contributed by atoms with van der Waals surface area (Å²) in [4.78, 5) is 16.1. The molecule has 0 aliphatic carbocycles. The lowest BCUT2D eigenvalue weighted by Gasteiger charge is -2.38. The average molecular weight is 584 g/mol. The van der Waals surface area contributed by atoms with Gasteiger partial charge < -0.3 is 30.7 Å². The van der Waals surface area contributed by atoms with Crippen molar-refractivity contribution in [1.29, 1.82) is 0 Å². The van der Waals surface area contributed by atoms with Gasteiger partial charge >= 0.3 is 0 Å². The summed E-state index contributed by atoms with van der Waals surface area (Å²) in [5.41, 5.74) is 7.83. The summed E-state index contributed by atoms with van der Waals surface area (Å²) in [6.07, 6.45) is 4.02. The molecule has 1 amide bonds. The molecule has 0 aromatic carbocycles. The highest BCUT2D eigenvalue weighted by Gasteiger charge is 2.25. The lowest BCUT2D eigenvalue weighted by Crippen LogP contribution is -2.45. The van der Waals surface area contributed by atoms with Crippen LogP contribution in [-0.2, 0) is 14.3 Å². The number of rotatable bonds is 14. The van der Waals surface area contributed by atoms with E-state index in [0.717, 1.165) is 78.2 Å². The molecule has 2 fully saturated rings.